The monoisotopic (exact) mass is 400 g/mol. The molecule has 2 heterocycles. The average Bonchev–Trinajstić information content (AvgIpc) is 3.36. The highest BCUT2D eigenvalue weighted by atomic mass is 19.1. The molecule has 0 radical (unpaired) electrons. The Morgan fingerprint density at radius 1 is 1.24 bits per heavy atom. The molecule has 0 spiro atoms. The quantitative estimate of drug-likeness (QED) is 0.599. The Kier molecular flexibility index (Phi) is 5.83. The summed E-state index contributed by atoms with van der Waals surface area (Å²) in [6.45, 7) is 2.90. The second-order valence-corrected chi connectivity index (χ2v) is 7.46. The Morgan fingerprint density at radius 2 is 2.14 bits per heavy atom. The summed E-state index contributed by atoms with van der Waals surface area (Å²) in [5.41, 5.74) is 3.00. The van der Waals surface area contributed by atoms with Crippen LogP contribution in [0.5, 0.6) is 5.75 Å². The molecule has 154 valence electrons. The molecule has 7 heteroatoms. The highest BCUT2D eigenvalue weighted by molar-refractivity contribution is 5.80. The first-order chi connectivity index (χ1) is 14.1. The molecule has 1 unspecified atom stereocenters. The molecule has 2 aliphatic rings. The van der Waals surface area contributed by atoms with Gasteiger partial charge in [0.2, 0.25) is 0 Å². The van der Waals surface area contributed by atoms with Gasteiger partial charge >= 0.3 is 0 Å². The Hall–Kier alpha value is -2.83. The molecule has 0 aromatic heterocycles. The van der Waals surface area contributed by atoms with Gasteiger partial charge < -0.3 is 20.3 Å². The van der Waals surface area contributed by atoms with Crippen LogP contribution < -0.4 is 20.3 Å². The van der Waals surface area contributed by atoms with E-state index in [9.17, 15) is 8.78 Å². The predicted molar refractivity (Wildman–Crippen MR) is 111 cm³/mol. The highest BCUT2D eigenvalue weighted by Gasteiger charge is 2.25. The summed E-state index contributed by atoms with van der Waals surface area (Å²) in [4.78, 5) is 6.24. The van der Waals surface area contributed by atoms with Crippen LogP contribution in [0.15, 0.2) is 41.4 Å². The van der Waals surface area contributed by atoms with E-state index in [-0.39, 0.29) is 6.04 Å². The van der Waals surface area contributed by atoms with Crippen LogP contribution in [0.25, 0.3) is 0 Å². The zero-order chi connectivity index (χ0) is 20.2. The van der Waals surface area contributed by atoms with Gasteiger partial charge in [0.25, 0.3) is 0 Å². The van der Waals surface area contributed by atoms with E-state index >= 15 is 0 Å². The molecule has 2 aromatic carbocycles. The first kappa shape index (κ1) is 19.5. The van der Waals surface area contributed by atoms with Gasteiger partial charge in [-0.25, -0.2) is 8.78 Å². The molecule has 1 atom stereocenters. The maximum absolute atomic E-state index is 14.0. The first-order valence-corrected chi connectivity index (χ1v) is 10.0. The molecule has 0 aliphatic carbocycles. The Morgan fingerprint density at radius 3 is 2.97 bits per heavy atom. The predicted octanol–water partition coefficient (Wildman–Crippen LogP) is 2.89. The number of anilines is 1. The van der Waals surface area contributed by atoms with Gasteiger partial charge in [0.15, 0.2) is 5.96 Å². The molecule has 5 nitrogen and oxygen atoms in total. The third-order valence-corrected chi connectivity index (χ3v) is 5.46. The van der Waals surface area contributed by atoms with Crippen LogP contribution in [0.3, 0.4) is 0 Å². The van der Waals surface area contributed by atoms with Crippen LogP contribution in [0.2, 0.25) is 0 Å². The lowest BCUT2D eigenvalue weighted by molar-refractivity contribution is 0.357. The molecule has 0 bridgehead atoms. The normalized spacial score (nSPS) is 18.5. The number of hydrogen-bond donors (Lipinski definition) is 2. The van der Waals surface area contributed by atoms with Crippen molar-refractivity contribution in [1.82, 2.24) is 10.6 Å². The van der Waals surface area contributed by atoms with Crippen molar-refractivity contribution < 1.29 is 13.5 Å². The van der Waals surface area contributed by atoms with E-state index in [0.29, 0.717) is 18.8 Å². The number of guanidine groups is 1. The van der Waals surface area contributed by atoms with E-state index in [4.69, 9.17) is 4.74 Å². The molecular formula is C22H26F2N4O. The van der Waals surface area contributed by atoms with Gasteiger partial charge in [-0.15, -0.1) is 0 Å². The molecule has 2 aromatic rings. The summed E-state index contributed by atoms with van der Waals surface area (Å²) in [7, 11) is 1.74. The SMILES string of the molecule is CN=C(NCCc1ccc2c(c1)CCO2)NC1CCN(c2ccc(F)cc2F)C1. The molecular weight excluding hydrogens is 374 g/mol. The molecule has 29 heavy (non-hydrogen) atoms. The van der Waals surface area contributed by atoms with Crippen molar-refractivity contribution in [3.05, 3.63) is 59.2 Å². The van der Waals surface area contributed by atoms with Gasteiger partial charge in [0.1, 0.15) is 17.4 Å². The van der Waals surface area contributed by atoms with Gasteiger partial charge in [-0.2, -0.15) is 0 Å². The van der Waals surface area contributed by atoms with Crippen molar-refractivity contribution >= 4 is 11.6 Å². The number of nitrogens with one attached hydrogen (secondary N) is 2. The van der Waals surface area contributed by atoms with Crippen molar-refractivity contribution in [2.45, 2.75) is 25.3 Å². The highest BCUT2D eigenvalue weighted by Crippen LogP contribution is 2.26. The van der Waals surface area contributed by atoms with Crippen LogP contribution in [-0.2, 0) is 12.8 Å². The first-order valence-electron chi connectivity index (χ1n) is 10.0. The number of rotatable bonds is 5. The number of benzene rings is 2. The van der Waals surface area contributed by atoms with Crippen molar-refractivity contribution in [3.63, 3.8) is 0 Å². The van der Waals surface area contributed by atoms with Crippen LogP contribution >= 0.6 is 0 Å². The van der Waals surface area contributed by atoms with E-state index in [1.54, 1.807) is 7.05 Å². The molecule has 0 amide bonds. The Balaban J connectivity index is 1.26. The summed E-state index contributed by atoms with van der Waals surface area (Å²) in [5.74, 6) is 0.664. The van der Waals surface area contributed by atoms with Crippen LogP contribution in [0.1, 0.15) is 17.5 Å². The maximum Gasteiger partial charge on any atom is 0.191 e. The summed E-state index contributed by atoms with van der Waals surface area (Å²) in [6, 6.07) is 10.3. The molecule has 1 fully saturated rings. The summed E-state index contributed by atoms with van der Waals surface area (Å²) < 4.78 is 32.7. The van der Waals surface area contributed by atoms with Gasteiger partial charge in [-0.1, -0.05) is 12.1 Å². The van der Waals surface area contributed by atoms with Gasteiger partial charge in [0.05, 0.1) is 12.3 Å². The fourth-order valence-corrected chi connectivity index (χ4v) is 3.94. The van der Waals surface area contributed by atoms with Crippen molar-refractivity contribution in [3.8, 4) is 5.75 Å². The van der Waals surface area contributed by atoms with Crippen LogP contribution in [-0.4, -0.2) is 45.3 Å². The average molecular weight is 400 g/mol. The van der Waals surface area contributed by atoms with E-state index in [0.717, 1.165) is 50.2 Å². The number of fused-ring (bicyclic) bond motifs is 1. The summed E-state index contributed by atoms with van der Waals surface area (Å²) in [6.07, 6.45) is 2.74. The second-order valence-electron chi connectivity index (χ2n) is 7.46. The largest absolute Gasteiger partial charge is 0.493 e. The topological polar surface area (TPSA) is 48.9 Å². The van der Waals surface area contributed by atoms with Gasteiger partial charge in [-0.05, 0) is 42.2 Å². The smallest absolute Gasteiger partial charge is 0.191 e. The van der Waals surface area contributed by atoms with Crippen LogP contribution in [0.4, 0.5) is 14.5 Å². The lowest BCUT2D eigenvalue weighted by atomic mass is 10.1. The molecule has 1 saturated heterocycles. The van der Waals surface area contributed by atoms with E-state index in [1.165, 1.54) is 23.3 Å². The van der Waals surface area contributed by atoms with E-state index in [1.807, 2.05) is 11.0 Å². The standard InChI is InChI=1S/C22H26F2N4O/c1-25-22(26-9-6-15-2-5-21-16(12-15)8-11-29-21)27-18-7-10-28(14-18)20-4-3-17(23)13-19(20)24/h2-5,12-13,18H,6-11,14H2,1H3,(H2,25,26,27). The molecule has 2 aliphatic heterocycles. The fraction of sp³-hybridized carbons (Fsp3) is 0.409. The van der Waals surface area contributed by atoms with Crippen LogP contribution in [0, 0.1) is 11.6 Å². The van der Waals surface area contributed by atoms with Gasteiger partial charge in [-0.3, -0.25) is 4.99 Å². The Labute approximate surface area is 169 Å². The third-order valence-electron chi connectivity index (χ3n) is 5.46. The summed E-state index contributed by atoms with van der Waals surface area (Å²) >= 11 is 0. The fourth-order valence-electron chi connectivity index (χ4n) is 3.94. The molecule has 4 rings (SSSR count). The number of aliphatic imine (C=N–C) groups is 1. The third kappa shape index (κ3) is 4.60. The number of ether oxygens (including phenoxy) is 1. The van der Waals surface area contributed by atoms with Crippen molar-refractivity contribution in [1.29, 1.82) is 0 Å². The van der Waals surface area contributed by atoms with Gasteiger partial charge in [0, 0.05) is 45.2 Å². The minimum absolute atomic E-state index is 0.155. The lowest BCUT2D eigenvalue weighted by Crippen LogP contribution is -2.45. The molecule has 2 N–H and O–H groups in total. The zero-order valence-corrected chi connectivity index (χ0v) is 16.5. The lowest BCUT2D eigenvalue weighted by Gasteiger charge is -2.21. The second kappa shape index (κ2) is 8.68. The summed E-state index contributed by atoms with van der Waals surface area (Å²) in [5, 5.41) is 6.76. The minimum Gasteiger partial charge on any atom is -0.493 e. The molecule has 0 saturated carbocycles. The maximum atomic E-state index is 14.0. The number of hydrogen-bond acceptors (Lipinski definition) is 3. The minimum atomic E-state index is -0.555. The zero-order valence-electron chi connectivity index (χ0n) is 16.5. The van der Waals surface area contributed by atoms with Crippen molar-refractivity contribution in [2.75, 3.05) is 38.2 Å². The van der Waals surface area contributed by atoms with E-state index in [2.05, 4.69) is 27.8 Å². The number of nitrogens with zero attached hydrogens (tertiary/aromatic N) is 2. The van der Waals surface area contributed by atoms with Crippen molar-refractivity contribution in [2.24, 2.45) is 4.99 Å². The number of halogens is 2. The Bertz CT molecular complexity index is 902. The van der Waals surface area contributed by atoms with E-state index < -0.39 is 11.6 Å².